The van der Waals surface area contributed by atoms with E-state index in [1.54, 1.807) is 12.1 Å². The van der Waals surface area contributed by atoms with Crippen LogP contribution in [-0.2, 0) is 18.5 Å². The Morgan fingerprint density at radius 3 is 0.765 bits per heavy atom. The molecule has 0 fully saturated rings. The second-order valence-electron chi connectivity index (χ2n) is 26.1. The van der Waals surface area contributed by atoms with Crippen molar-refractivity contribution < 1.29 is 39.5 Å². The molecular formula is C86H58F9N7. The zero-order valence-corrected chi connectivity index (χ0v) is 56.2. The molecule has 12 aromatic carbocycles. The number of benzene rings is 12. The third-order valence-corrected chi connectivity index (χ3v) is 19.9. The second kappa shape index (κ2) is 24.0. The standard InChI is InChI=1S/C43H29F6N3.C43H29F3N4/c1-23-11-6-15-27-28-16-7-12-24(2)39(28)51(38(23)27)35-21-31(37-32(42(44,45)46)19-10-20-34(37)50-5)33(43(47,48)49)22-36(35)52-40-25(3)13-8-17-29(40)30-18-9-14-26(4)41(30)52;1-24-11-6-15-29-30-16-7-12-25(2)40(30)49(39(24)29)36-21-28(23-47)33(38-34(43(44,45)46)19-10-20-35(38)48-5)22-37(36)50-41-26(3)13-8-17-31(41)32-18-9-14-27(4)42(32)50/h6-22H,1-4H3;6-22H,1-4H3. The molecule has 4 aromatic heterocycles. The van der Waals surface area contributed by atoms with Crippen molar-refractivity contribution in [3.63, 3.8) is 0 Å². The molecule has 0 amide bonds. The van der Waals surface area contributed by atoms with Crippen molar-refractivity contribution >= 4 is 98.6 Å². The van der Waals surface area contributed by atoms with Gasteiger partial charge in [0.15, 0.2) is 11.4 Å². The van der Waals surface area contributed by atoms with Gasteiger partial charge in [-0.1, -0.05) is 182 Å². The molecule has 16 heteroatoms. The van der Waals surface area contributed by atoms with Crippen LogP contribution in [0.25, 0.3) is 142 Å². The number of para-hydroxylation sites is 8. The fraction of sp³-hybridized carbons (Fsp3) is 0.128. The SMILES string of the molecule is [C-]#[N+]c1cccc(C(F)(F)F)c1-c1cc(-n2c3c(C)cccc3c3cccc(C)c32)c(-n2c3c(C)cccc3c3cccc(C)c32)cc1C#N.[C-]#[N+]c1cccc(C(F)(F)F)c1-c1cc(-n2c3c(C)cccc3c3cccc(C)c32)c(-n2c3c(C)cccc3c3cccc(C)c32)cc1C(F)(F)F. The summed E-state index contributed by atoms with van der Waals surface area (Å²) in [6.07, 6.45) is -14.9. The van der Waals surface area contributed by atoms with E-state index in [1.807, 2.05) is 186 Å². The summed E-state index contributed by atoms with van der Waals surface area (Å²) in [4.78, 5) is 6.84. The average molecular weight is 1360 g/mol. The molecule has 0 saturated heterocycles. The van der Waals surface area contributed by atoms with Crippen molar-refractivity contribution in [3.05, 3.63) is 296 Å². The van der Waals surface area contributed by atoms with E-state index in [1.165, 1.54) is 18.2 Å². The van der Waals surface area contributed by atoms with Crippen molar-refractivity contribution in [2.75, 3.05) is 0 Å². The fourth-order valence-electron chi connectivity index (χ4n) is 15.7. The number of hydrogen-bond acceptors (Lipinski definition) is 1. The van der Waals surface area contributed by atoms with Gasteiger partial charge in [0, 0.05) is 54.2 Å². The highest BCUT2D eigenvalue weighted by Gasteiger charge is 2.42. The van der Waals surface area contributed by atoms with Crippen LogP contribution in [0.4, 0.5) is 50.9 Å². The summed E-state index contributed by atoms with van der Waals surface area (Å²) < 4.78 is 143. The second-order valence-corrected chi connectivity index (χ2v) is 26.1. The smallest absolute Gasteiger partial charge is 0.307 e. The number of aromatic nitrogens is 4. The highest BCUT2D eigenvalue weighted by Crippen LogP contribution is 2.53. The number of fused-ring (bicyclic) bond motifs is 12. The van der Waals surface area contributed by atoms with E-state index in [0.29, 0.717) is 33.4 Å². The topological polar surface area (TPSA) is 52.2 Å². The lowest BCUT2D eigenvalue weighted by atomic mass is 9.91. The maximum absolute atomic E-state index is 15.5. The summed E-state index contributed by atoms with van der Waals surface area (Å²) in [5.74, 6) is 0. The van der Waals surface area contributed by atoms with Gasteiger partial charge in [0.1, 0.15) is 0 Å². The largest absolute Gasteiger partial charge is 0.417 e. The number of alkyl halides is 9. The number of rotatable bonds is 6. The zero-order valence-electron chi connectivity index (χ0n) is 56.2. The first-order valence-electron chi connectivity index (χ1n) is 32.8. The van der Waals surface area contributed by atoms with Crippen molar-refractivity contribution in [1.82, 2.24) is 18.3 Å². The molecule has 0 unspecified atom stereocenters. The van der Waals surface area contributed by atoms with Crippen LogP contribution in [0.2, 0.25) is 0 Å². The van der Waals surface area contributed by atoms with Gasteiger partial charge in [0.25, 0.3) is 0 Å². The van der Waals surface area contributed by atoms with Gasteiger partial charge in [-0.3, -0.25) is 0 Å². The summed E-state index contributed by atoms with van der Waals surface area (Å²) in [7, 11) is 0. The minimum Gasteiger partial charge on any atom is -0.307 e. The Morgan fingerprint density at radius 2 is 0.520 bits per heavy atom. The Labute approximate surface area is 579 Å². The van der Waals surface area contributed by atoms with Gasteiger partial charge in [-0.05, 0) is 135 Å². The van der Waals surface area contributed by atoms with Crippen LogP contribution in [-0.4, -0.2) is 18.3 Å². The molecule has 0 spiro atoms. The first-order chi connectivity index (χ1) is 48.8. The lowest BCUT2D eigenvalue weighted by Gasteiger charge is -2.25. The zero-order chi connectivity index (χ0) is 71.9. The van der Waals surface area contributed by atoms with Gasteiger partial charge in [0.05, 0.1) is 108 Å². The van der Waals surface area contributed by atoms with Crippen LogP contribution in [0.3, 0.4) is 0 Å². The first kappa shape index (κ1) is 65.6. The maximum atomic E-state index is 15.5. The van der Waals surface area contributed by atoms with Crippen molar-refractivity contribution in [2.24, 2.45) is 0 Å². The number of aryl methyl sites for hydroxylation is 8. The van der Waals surface area contributed by atoms with Crippen LogP contribution < -0.4 is 0 Å². The summed E-state index contributed by atoms with van der Waals surface area (Å²) in [6, 6.07) is 61.7. The Kier molecular flexibility index (Phi) is 15.4. The quantitative estimate of drug-likeness (QED) is 0.121. The number of nitrogens with zero attached hydrogens (tertiary/aromatic N) is 7. The molecular weight excluding hydrogens is 1300 g/mol. The van der Waals surface area contributed by atoms with Crippen LogP contribution in [0.5, 0.6) is 0 Å². The average Bonchev–Trinajstić information content (AvgIpc) is 1.54. The predicted octanol–water partition coefficient (Wildman–Crippen LogP) is 25.6. The lowest BCUT2D eigenvalue weighted by Crippen LogP contribution is -2.14. The highest BCUT2D eigenvalue weighted by molar-refractivity contribution is 6.16. The normalized spacial score (nSPS) is 12.1. The van der Waals surface area contributed by atoms with Crippen molar-refractivity contribution in [1.29, 1.82) is 5.26 Å². The van der Waals surface area contributed by atoms with E-state index in [-0.39, 0.29) is 33.8 Å². The Bertz CT molecular complexity index is 6180. The van der Waals surface area contributed by atoms with Crippen molar-refractivity contribution in [3.8, 4) is 51.1 Å². The number of halogens is 9. The van der Waals surface area contributed by atoms with Gasteiger partial charge in [-0.2, -0.15) is 44.8 Å². The third-order valence-electron chi connectivity index (χ3n) is 19.9. The van der Waals surface area contributed by atoms with Crippen molar-refractivity contribution in [2.45, 2.75) is 73.9 Å². The number of nitriles is 1. The molecule has 500 valence electrons. The minimum absolute atomic E-state index is 0.0386. The fourth-order valence-corrected chi connectivity index (χ4v) is 15.7. The molecule has 0 bridgehead atoms. The van der Waals surface area contributed by atoms with E-state index in [9.17, 15) is 31.6 Å². The lowest BCUT2D eigenvalue weighted by molar-refractivity contribution is -0.139. The molecule has 16 rings (SSSR count). The van der Waals surface area contributed by atoms with Gasteiger partial charge in [-0.25, -0.2) is 9.69 Å². The molecule has 7 nitrogen and oxygen atoms in total. The molecule has 0 atom stereocenters. The van der Waals surface area contributed by atoms with E-state index < -0.39 is 52.0 Å². The molecule has 0 aliphatic carbocycles. The van der Waals surface area contributed by atoms with Gasteiger partial charge < -0.3 is 18.3 Å². The molecule has 0 N–H and O–H groups in total. The van der Waals surface area contributed by atoms with Crippen LogP contribution in [0.15, 0.2) is 206 Å². The summed E-state index contributed by atoms with van der Waals surface area (Å²) in [5.41, 5.74) is 9.39. The molecule has 102 heavy (non-hydrogen) atoms. The van der Waals surface area contributed by atoms with E-state index >= 15 is 13.2 Å². The first-order valence-corrected chi connectivity index (χ1v) is 32.8. The predicted molar refractivity (Wildman–Crippen MR) is 391 cm³/mol. The van der Waals surface area contributed by atoms with Crippen LogP contribution in [0, 0.1) is 79.9 Å². The van der Waals surface area contributed by atoms with E-state index in [0.717, 1.165) is 140 Å². The van der Waals surface area contributed by atoms with Crippen LogP contribution in [0.1, 0.15) is 66.8 Å². The Balaban J connectivity index is 0.000000165. The maximum Gasteiger partial charge on any atom is 0.417 e. The molecule has 0 radical (unpaired) electrons. The van der Waals surface area contributed by atoms with E-state index in [4.69, 9.17) is 13.1 Å². The Morgan fingerprint density at radius 1 is 0.294 bits per heavy atom. The van der Waals surface area contributed by atoms with E-state index in [2.05, 4.69) is 49.2 Å². The van der Waals surface area contributed by atoms with Gasteiger partial charge in [-0.15, -0.1) is 0 Å². The summed E-state index contributed by atoms with van der Waals surface area (Å²) in [5, 5.41) is 18.1. The van der Waals surface area contributed by atoms with Gasteiger partial charge in [0.2, 0.25) is 0 Å². The van der Waals surface area contributed by atoms with Gasteiger partial charge >= 0.3 is 18.5 Å². The number of hydrogen-bond donors (Lipinski definition) is 0. The Hall–Kier alpha value is -12.3. The summed E-state index contributed by atoms with van der Waals surface area (Å²) in [6.45, 7) is 31.4. The molecule has 0 aliphatic heterocycles. The monoisotopic (exact) mass is 1360 g/mol. The molecule has 4 heterocycles. The highest BCUT2D eigenvalue weighted by atomic mass is 19.4. The molecule has 0 aliphatic rings. The minimum atomic E-state index is -5.10. The summed E-state index contributed by atoms with van der Waals surface area (Å²) >= 11 is 0. The van der Waals surface area contributed by atoms with Crippen LogP contribution >= 0.6 is 0 Å². The third kappa shape index (κ3) is 10.1. The molecule has 0 saturated carbocycles. The molecule has 16 aromatic rings.